The molecule has 0 aliphatic carbocycles. The quantitative estimate of drug-likeness (QED) is 0.455. The second-order valence-electron chi connectivity index (χ2n) is 6.60. The number of nitrogens with zero attached hydrogens (tertiary/aromatic N) is 2. The first-order valence-electron chi connectivity index (χ1n) is 9.46. The molecule has 9 heteroatoms. The molecule has 0 bridgehead atoms. The number of hydrogen-bond donors (Lipinski definition) is 2. The van der Waals surface area contributed by atoms with Crippen LogP contribution in [0.3, 0.4) is 0 Å². The Morgan fingerprint density at radius 2 is 1.84 bits per heavy atom. The number of rotatable bonds is 7. The molecule has 2 aromatic carbocycles. The SMILES string of the molecule is COC(=O)c1c(Cl)cccc1-c1ccc(CNc2nccc(Cl)c2NC(=O)CC#N)cc1. The number of carbonyl (C=O) groups is 2. The normalized spacial score (nSPS) is 10.2. The molecule has 0 fully saturated rings. The number of carbonyl (C=O) groups excluding carboxylic acids is 2. The highest BCUT2D eigenvalue weighted by Crippen LogP contribution is 2.31. The second kappa shape index (κ2) is 10.6. The third-order valence-corrected chi connectivity index (χ3v) is 5.16. The molecule has 0 unspecified atom stereocenters. The van der Waals surface area contributed by atoms with Gasteiger partial charge in [0, 0.05) is 12.7 Å². The summed E-state index contributed by atoms with van der Waals surface area (Å²) in [4.78, 5) is 28.2. The van der Waals surface area contributed by atoms with E-state index in [9.17, 15) is 9.59 Å². The first-order chi connectivity index (χ1) is 15.4. The van der Waals surface area contributed by atoms with Crippen LogP contribution in [0.25, 0.3) is 11.1 Å². The van der Waals surface area contributed by atoms with E-state index in [1.807, 2.05) is 24.3 Å². The van der Waals surface area contributed by atoms with Gasteiger partial charge >= 0.3 is 5.97 Å². The number of hydrogen-bond acceptors (Lipinski definition) is 6. The van der Waals surface area contributed by atoms with Crippen molar-refractivity contribution < 1.29 is 14.3 Å². The lowest BCUT2D eigenvalue weighted by Crippen LogP contribution is -2.13. The molecule has 0 saturated heterocycles. The third kappa shape index (κ3) is 5.35. The molecule has 3 rings (SSSR count). The smallest absolute Gasteiger partial charge is 0.340 e. The number of amides is 1. The van der Waals surface area contributed by atoms with Crippen molar-refractivity contribution in [2.45, 2.75) is 13.0 Å². The zero-order valence-electron chi connectivity index (χ0n) is 17.0. The summed E-state index contributed by atoms with van der Waals surface area (Å²) in [5, 5.41) is 15.0. The van der Waals surface area contributed by atoms with Crippen molar-refractivity contribution in [2.24, 2.45) is 0 Å². The molecular formula is C23H18Cl2N4O3. The number of anilines is 2. The Morgan fingerprint density at radius 3 is 2.53 bits per heavy atom. The number of nitriles is 1. The molecule has 32 heavy (non-hydrogen) atoms. The largest absolute Gasteiger partial charge is 0.465 e. The second-order valence-corrected chi connectivity index (χ2v) is 7.42. The predicted octanol–water partition coefficient (Wildman–Crippen LogP) is 5.31. The van der Waals surface area contributed by atoms with E-state index in [2.05, 4.69) is 15.6 Å². The standard InChI is InChI=1S/C23H18Cl2N4O3/c1-32-23(31)20-16(3-2-4-17(20)24)15-7-5-14(6-8-15)13-28-22-21(18(25)10-12-27-22)29-19(30)9-11-26/h2-8,10,12H,9,13H2,1H3,(H,27,28)(H,29,30). The number of esters is 1. The summed E-state index contributed by atoms with van der Waals surface area (Å²) in [5.74, 6) is -0.595. The molecule has 0 aliphatic heterocycles. The first-order valence-corrected chi connectivity index (χ1v) is 10.2. The lowest BCUT2D eigenvalue weighted by Gasteiger charge is -2.14. The Balaban J connectivity index is 1.79. The molecule has 0 atom stereocenters. The topological polar surface area (TPSA) is 104 Å². The van der Waals surface area contributed by atoms with Crippen LogP contribution in [-0.2, 0) is 16.1 Å². The average Bonchev–Trinajstić information content (AvgIpc) is 2.79. The van der Waals surface area contributed by atoms with Gasteiger partial charge in [-0.3, -0.25) is 4.79 Å². The fourth-order valence-electron chi connectivity index (χ4n) is 3.01. The number of aromatic nitrogens is 1. The van der Waals surface area contributed by atoms with E-state index >= 15 is 0 Å². The van der Waals surface area contributed by atoms with E-state index in [4.69, 9.17) is 33.2 Å². The van der Waals surface area contributed by atoms with E-state index in [0.717, 1.165) is 11.1 Å². The summed E-state index contributed by atoms with van der Waals surface area (Å²) in [6.45, 7) is 0.397. The van der Waals surface area contributed by atoms with E-state index in [0.29, 0.717) is 39.2 Å². The Hall–Kier alpha value is -3.60. The van der Waals surface area contributed by atoms with Crippen molar-refractivity contribution in [3.63, 3.8) is 0 Å². The Morgan fingerprint density at radius 1 is 1.09 bits per heavy atom. The predicted molar refractivity (Wildman–Crippen MR) is 124 cm³/mol. The van der Waals surface area contributed by atoms with Crippen LogP contribution in [-0.4, -0.2) is 24.0 Å². The number of benzene rings is 2. The summed E-state index contributed by atoms with van der Waals surface area (Å²) < 4.78 is 4.86. The minimum absolute atomic E-state index is 0.289. The molecule has 0 spiro atoms. The molecule has 7 nitrogen and oxygen atoms in total. The van der Waals surface area contributed by atoms with Crippen molar-refractivity contribution in [3.8, 4) is 17.2 Å². The van der Waals surface area contributed by atoms with Crippen LogP contribution in [0.2, 0.25) is 10.0 Å². The third-order valence-electron chi connectivity index (χ3n) is 4.53. The van der Waals surface area contributed by atoms with Crippen molar-refractivity contribution in [2.75, 3.05) is 17.7 Å². The fraction of sp³-hybridized carbons (Fsp3) is 0.130. The number of methoxy groups -OCH3 is 1. The van der Waals surface area contributed by atoms with Gasteiger partial charge in [0.2, 0.25) is 5.91 Å². The maximum absolute atomic E-state index is 12.1. The molecule has 1 amide bonds. The number of halogens is 2. The summed E-state index contributed by atoms with van der Waals surface area (Å²) >= 11 is 12.4. The van der Waals surface area contributed by atoms with Crippen LogP contribution in [0, 0.1) is 11.3 Å². The van der Waals surface area contributed by atoms with E-state index in [-0.39, 0.29) is 6.42 Å². The summed E-state index contributed by atoms with van der Waals surface area (Å²) in [5.41, 5.74) is 3.02. The van der Waals surface area contributed by atoms with Crippen LogP contribution in [0.15, 0.2) is 54.7 Å². The van der Waals surface area contributed by atoms with Crippen LogP contribution >= 0.6 is 23.2 Å². The van der Waals surface area contributed by atoms with Crippen LogP contribution in [0.1, 0.15) is 22.3 Å². The van der Waals surface area contributed by atoms with Gasteiger partial charge in [-0.05, 0) is 28.8 Å². The first kappa shape index (κ1) is 23.1. The number of pyridine rings is 1. The van der Waals surface area contributed by atoms with Gasteiger partial charge in [-0.25, -0.2) is 9.78 Å². The Kier molecular flexibility index (Phi) is 7.66. The van der Waals surface area contributed by atoms with Crippen molar-refractivity contribution in [3.05, 3.63) is 75.9 Å². The lowest BCUT2D eigenvalue weighted by molar-refractivity contribution is -0.115. The van der Waals surface area contributed by atoms with E-state index in [1.165, 1.54) is 13.3 Å². The van der Waals surface area contributed by atoms with Crippen LogP contribution < -0.4 is 10.6 Å². The molecule has 2 N–H and O–H groups in total. The highest BCUT2D eigenvalue weighted by Gasteiger charge is 2.17. The highest BCUT2D eigenvalue weighted by atomic mass is 35.5. The molecule has 0 saturated carbocycles. The monoisotopic (exact) mass is 468 g/mol. The van der Waals surface area contributed by atoms with Crippen molar-refractivity contribution >= 4 is 46.6 Å². The molecule has 162 valence electrons. The van der Waals surface area contributed by atoms with Gasteiger partial charge in [0.1, 0.15) is 12.1 Å². The Labute approximate surface area is 194 Å². The molecule has 0 aliphatic rings. The van der Waals surface area contributed by atoms with E-state index in [1.54, 1.807) is 30.3 Å². The Bertz CT molecular complexity index is 1190. The fourth-order valence-corrected chi connectivity index (χ4v) is 3.45. The van der Waals surface area contributed by atoms with Crippen LogP contribution in [0.5, 0.6) is 0 Å². The van der Waals surface area contributed by atoms with Gasteiger partial charge in [0.15, 0.2) is 5.82 Å². The van der Waals surface area contributed by atoms with Gasteiger partial charge in [-0.2, -0.15) is 5.26 Å². The molecule has 1 aromatic heterocycles. The zero-order valence-corrected chi connectivity index (χ0v) is 18.5. The summed E-state index contributed by atoms with van der Waals surface area (Å²) in [6, 6.07) is 16.1. The average molecular weight is 469 g/mol. The van der Waals surface area contributed by atoms with Gasteiger partial charge in [0.05, 0.1) is 28.8 Å². The summed E-state index contributed by atoms with van der Waals surface area (Å²) in [6.07, 6.45) is 1.23. The van der Waals surface area contributed by atoms with Gasteiger partial charge < -0.3 is 15.4 Å². The van der Waals surface area contributed by atoms with E-state index < -0.39 is 11.9 Å². The van der Waals surface area contributed by atoms with Gasteiger partial charge in [-0.15, -0.1) is 0 Å². The van der Waals surface area contributed by atoms with Gasteiger partial charge in [0.25, 0.3) is 0 Å². The molecule has 3 aromatic rings. The van der Waals surface area contributed by atoms with Crippen molar-refractivity contribution in [1.29, 1.82) is 5.26 Å². The molecule has 0 radical (unpaired) electrons. The van der Waals surface area contributed by atoms with Gasteiger partial charge in [-0.1, -0.05) is 59.6 Å². The number of nitrogens with one attached hydrogen (secondary N) is 2. The minimum atomic E-state index is -0.505. The number of ether oxygens (including phenoxy) is 1. The molecule has 1 heterocycles. The maximum atomic E-state index is 12.1. The zero-order chi connectivity index (χ0) is 23.1. The lowest BCUT2D eigenvalue weighted by atomic mass is 9.98. The minimum Gasteiger partial charge on any atom is -0.465 e. The summed E-state index contributed by atoms with van der Waals surface area (Å²) in [7, 11) is 1.31. The van der Waals surface area contributed by atoms with Crippen molar-refractivity contribution in [1.82, 2.24) is 4.98 Å². The maximum Gasteiger partial charge on any atom is 0.340 e. The highest BCUT2D eigenvalue weighted by molar-refractivity contribution is 6.34. The van der Waals surface area contributed by atoms with Crippen LogP contribution in [0.4, 0.5) is 11.5 Å². The molecular weight excluding hydrogens is 451 g/mol.